The smallest absolute Gasteiger partial charge is 0.339 e. The Kier molecular flexibility index (Phi) is 5.72. The van der Waals surface area contributed by atoms with E-state index in [1.54, 1.807) is 24.4 Å². The van der Waals surface area contributed by atoms with Crippen molar-refractivity contribution in [3.05, 3.63) is 95.2 Å². The molecule has 160 valence electrons. The molecule has 0 aliphatic heterocycles. The molecule has 0 saturated heterocycles. The first-order valence-electron chi connectivity index (χ1n) is 9.82. The summed E-state index contributed by atoms with van der Waals surface area (Å²) in [6, 6.07) is 19.3. The van der Waals surface area contributed by atoms with Crippen molar-refractivity contribution >= 4 is 34.7 Å². The maximum absolute atomic E-state index is 11.8. The predicted octanol–water partition coefficient (Wildman–Crippen LogP) is 4.63. The Labute approximate surface area is 183 Å². The molecule has 7 heteroatoms. The molecule has 1 heterocycles. The van der Waals surface area contributed by atoms with Crippen molar-refractivity contribution in [3.63, 3.8) is 0 Å². The lowest BCUT2D eigenvalue weighted by Gasteiger charge is -2.07. The van der Waals surface area contributed by atoms with Crippen LogP contribution in [0.4, 0.5) is 5.69 Å². The first-order valence-corrected chi connectivity index (χ1v) is 9.82. The topological polar surface area (TPSA) is 101 Å². The fourth-order valence-electron chi connectivity index (χ4n) is 3.54. The van der Waals surface area contributed by atoms with Crippen molar-refractivity contribution in [2.75, 3.05) is 7.11 Å². The molecule has 0 aliphatic carbocycles. The molecule has 1 aromatic heterocycles. The van der Waals surface area contributed by atoms with Crippen molar-refractivity contribution in [1.29, 1.82) is 0 Å². The second-order valence-electron chi connectivity index (χ2n) is 7.19. The van der Waals surface area contributed by atoms with Gasteiger partial charge in [0.25, 0.3) is 0 Å². The number of para-hydroxylation sites is 1. The van der Waals surface area contributed by atoms with Crippen LogP contribution in [0, 0.1) is 0 Å². The largest absolute Gasteiger partial charge is 0.507 e. The van der Waals surface area contributed by atoms with Gasteiger partial charge < -0.3 is 19.5 Å². The molecule has 0 amide bonds. The van der Waals surface area contributed by atoms with Gasteiger partial charge in [-0.15, -0.1) is 0 Å². The van der Waals surface area contributed by atoms with Crippen LogP contribution >= 0.6 is 0 Å². The summed E-state index contributed by atoms with van der Waals surface area (Å²) in [7, 11) is 1.35. The van der Waals surface area contributed by atoms with E-state index in [2.05, 4.69) is 9.56 Å². The number of aromatic nitrogens is 1. The Morgan fingerprint density at radius 3 is 2.66 bits per heavy atom. The molecule has 0 aliphatic rings. The molecule has 0 saturated carbocycles. The van der Waals surface area contributed by atoms with E-state index in [0.717, 1.165) is 22.0 Å². The first-order chi connectivity index (χ1) is 15.5. The van der Waals surface area contributed by atoms with Gasteiger partial charge in [-0.2, -0.15) is 0 Å². The van der Waals surface area contributed by atoms with E-state index < -0.39 is 5.97 Å². The summed E-state index contributed by atoms with van der Waals surface area (Å²) in [4.78, 5) is 27.5. The van der Waals surface area contributed by atoms with Gasteiger partial charge in [0.15, 0.2) is 0 Å². The predicted molar refractivity (Wildman–Crippen MR) is 121 cm³/mol. The fraction of sp³-hybridized carbons (Fsp3) is 0.0800. The third-order valence-corrected chi connectivity index (χ3v) is 5.08. The Balaban J connectivity index is 1.68. The highest BCUT2D eigenvalue weighted by Crippen LogP contribution is 2.25. The number of rotatable bonds is 6. The average molecular weight is 428 g/mol. The monoisotopic (exact) mass is 428 g/mol. The Morgan fingerprint density at radius 2 is 1.88 bits per heavy atom. The lowest BCUT2D eigenvalue weighted by Crippen LogP contribution is -2.03. The zero-order valence-corrected chi connectivity index (χ0v) is 17.2. The highest BCUT2D eigenvalue weighted by atomic mass is 16.5. The second-order valence-corrected chi connectivity index (χ2v) is 7.19. The van der Waals surface area contributed by atoms with E-state index in [9.17, 15) is 19.8 Å². The summed E-state index contributed by atoms with van der Waals surface area (Å²) in [6.07, 6.45) is 3.62. The van der Waals surface area contributed by atoms with Crippen molar-refractivity contribution in [1.82, 2.24) is 4.57 Å². The van der Waals surface area contributed by atoms with Gasteiger partial charge in [0.05, 0.1) is 18.4 Å². The van der Waals surface area contributed by atoms with Crippen molar-refractivity contribution < 1.29 is 24.5 Å². The number of carboxylic acid groups (broad SMARTS) is 1. The number of aliphatic imine (C=N–C) groups is 1. The molecule has 0 unspecified atom stereocenters. The maximum atomic E-state index is 11.8. The molecule has 3 aromatic carbocycles. The van der Waals surface area contributed by atoms with Gasteiger partial charge in [0.1, 0.15) is 11.3 Å². The molecule has 4 aromatic rings. The first kappa shape index (κ1) is 20.9. The van der Waals surface area contributed by atoms with Gasteiger partial charge in [-0.1, -0.05) is 30.3 Å². The third kappa shape index (κ3) is 4.22. The van der Waals surface area contributed by atoms with Crippen LogP contribution in [-0.2, 0) is 11.3 Å². The molecule has 2 N–H and O–H groups in total. The number of ether oxygens (including phenoxy) is 1. The second kappa shape index (κ2) is 8.77. The highest BCUT2D eigenvalue weighted by molar-refractivity contribution is 6.00. The Bertz CT molecular complexity index is 1350. The molecule has 32 heavy (non-hydrogen) atoms. The number of carboxylic acids is 1. The Morgan fingerprint density at radius 1 is 1.06 bits per heavy atom. The quantitative estimate of drug-likeness (QED) is 0.344. The van der Waals surface area contributed by atoms with E-state index in [1.807, 2.05) is 42.6 Å². The molecule has 0 fully saturated rings. The summed E-state index contributed by atoms with van der Waals surface area (Å²) in [6.45, 7) is 0.543. The summed E-state index contributed by atoms with van der Waals surface area (Å²) in [5, 5.41) is 19.8. The van der Waals surface area contributed by atoms with Gasteiger partial charge in [0.2, 0.25) is 0 Å². The summed E-state index contributed by atoms with van der Waals surface area (Å²) in [5.41, 5.74) is 3.51. The number of hydrogen-bond acceptors (Lipinski definition) is 5. The van der Waals surface area contributed by atoms with Crippen LogP contribution < -0.4 is 0 Å². The van der Waals surface area contributed by atoms with E-state index in [0.29, 0.717) is 17.8 Å². The Hall–Kier alpha value is -4.39. The fourth-order valence-corrected chi connectivity index (χ4v) is 3.54. The number of fused-ring (bicyclic) bond motifs is 1. The van der Waals surface area contributed by atoms with Crippen LogP contribution in [0.15, 0.2) is 77.9 Å². The molecular formula is C25H20N2O5. The van der Waals surface area contributed by atoms with Crippen LogP contribution in [0.3, 0.4) is 0 Å². The van der Waals surface area contributed by atoms with E-state index in [4.69, 9.17) is 4.74 Å². The van der Waals surface area contributed by atoms with Crippen LogP contribution in [0.2, 0.25) is 0 Å². The number of hydrogen-bond donors (Lipinski definition) is 2. The zero-order chi connectivity index (χ0) is 22.7. The summed E-state index contributed by atoms with van der Waals surface area (Å²) in [5.74, 6) is -1.90. The van der Waals surface area contributed by atoms with Crippen molar-refractivity contribution in [2.45, 2.75) is 6.54 Å². The minimum absolute atomic E-state index is 0.201. The number of aromatic carboxylic acids is 1. The number of aromatic hydroxyl groups is 1. The number of nitrogens with zero attached hydrogens (tertiary/aromatic N) is 2. The van der Waals surface area contributed by atoms with Crippen molar-refractivity contribution in [2.24, 2.45) is 4.99 Å². The normalized spacial score (nSPS) is 11.2. The van der Waals surface area contributed by atoms with Crippen LogP contribution in [0.5, 0.6) is 5.75 Å². The minimum Gasteiger partial charge on any atom is -0.507 e. The van der Waals surface area contributed by atoms with Gasteiger partial charge >= 0.3 is 11.9 Å². The molecule has 4 rings (SSSR count). The summed E-state index contributed by atoms with van der Waals surface area (Å²) >= 11 is 0. The molecular weight excluding hydrogens is 408 g/mol. The number of phenols is 1. The van der Waals surface area contributed by atoms with Gasteiger partial charge in [-0.25, -0.2) is 9.59 Å². The number of esters is 1. The average Bonchev–Trinajstić information content (AvgIpc) is 3.15. The van der Waals surface area contributed by atoms with Crippen molar-refractivity contribution in [3.8, 4) is 5.75 Å². The van der Waals surface area contributed by atoms with E-state index in [1.165, 1.54) is 19.2 Å². The molecule has 0 atom stereocenters. The standard InChI is InChI=1S/C25H20N2O5/c1-32-25(31)17-6-4-5-16(11-17)14-27-15-18(20-7-2-3-8-22(20)27)13-26-19-9-10-23(28)21(12-19)24(29)30/h2-13,15,28H,14H2,1H3,(H,29,30). The molecule has 0 bridgehead atoms. The van der Waals surface area contributed by atoms with Gasteiger partial charge in [-0.05, 0) is 42.0 Å². The molecule has 0 spiro atoms. The van der Waals surface area contributed by atoms with Crippen LogP contribution in [0.1, 0.15) is 31.8 Å². The zero-order valence-electron chi connectivity index (χ0n) is 17.2. The third-order valence-electron chi connectivity index (χ3n) is 5.08. The van der Waals surface area contributed by atoms with Crippen LogP contribution in [-0.4, -0.2) is 40.0 Å². The SMILES string of the molecule is COC(=O)c1cccc(Cn2cc(C=Nc3ccc(O)c(C(=O)O)c3)c3ccccc32)c1. The minimum atomic E-state index is -1.22. The number of carbonyl (C=O) groups is 2. The van der Waals surface area contributed by atoms with E-state index in [-0.39, 0.29) is 17.3 Å². The molecule has 7 nitrogen and oxygen atoms in total. The highest BCUT2D eigenvalue weighted by Gasteiger charge is 2.11. The lowest BCUT2D eigenvalue weighted by molar-refractivity contribution is 0.0599. The molecule has 0 radical (unpaired) electrons. The maximum Gasteiger partial charge on any atom is 0.339 e. The number of carbonyl (C=O) groups excluding carboxylic acids is 1. The lowest BCUT2D eigenvalue weighted by atomic mass is 10.1. The van der Waals surface area contributed by atoms with E-state index >= 15 is 0 Å². The van der Waals surface area contributed by atoms with Gasteiger partial charge in [0, 0.05) is 35.4 Å². The number of benzene rings is 3. The van der Waals surface area contributed by atoms with Crippen LogP contribution in [0.25, 0.3) is 10.9 Å². The van der Waals surface area contributed by atoms with Gasteiger partial charge in [-0.3, -0.25) is 4.99 Å². The number of methoxy groups -OCH3 is 1. The summed E-state index contributed by atoms with van der Waals surface area (Å²) < 4.78 is 6.87.